The van der Waals surface area contributed by atoms with Gasteiger partial charge in [0.2, 0.25) is 0 Å². The van der Waals surface area contributed by atoms with E-state index in [1.54, 1.807) is 12.1 Å². The summed E-state index contributed by atoms with van der Waals surface area (Å²) in [6.07, 6.45) is 3.72. The average molecular weight is 429 g/mol. The molecule has 1 aliphatic rings. The molecule has 1 heterocycles. The van der Waals surface area contributed by atoms with Crippen molar-refractivity contribution in [3.63, 3.8) is 0 Å². The smallest absolute Gasteiger partial charge is 0.191 e. The number of sulfone groups is 1. The topological polar surface area (TPSA) is 73.8 Å². The van der Waals surface area contributed by atoms with Crippen LogP contribution >= 0.6 is 0 Å². The van der Waals surface area contributed by atoms with E-state index in [0.717, 1.165) is 37.7 Å². The number of rotatable bonds is 8. The zero-order valence-corrected chi connectivity index (χ0v) is 18.7. The van der Waals surface area contributed by atoms with Crippen LogP contribution in [0.15, 0.2) is 64.5 Å². The second-order valence-corrected chi connectivity index (χ2v) is 9.68. The highest BCUT2D eigenvalue weighted by atomic mass is 32.2. The Balaban J connectivity index is 1.67. The molecular weight excluding hydrogens is 396 g/mol. The van der Waals surface area contributed by atoms with E-state index in [4.69, 9.17) is 4.99 Å². The lowest BCUT2D eigenvalue weighted by atomic mass is 10.1. The van der Waals surface area contributed by atoms with E-state index in [0.29, 0.717) is 17.5 Å². The Hall–Kier alpha value is -2.38. The monoisotopic (exact) mass is 428 g/mol. The summed E-state index contributed by atoms with van der Waals surface area (Å²) in [5.41, 5.74) is 2.29. The first-order valence-electron chi connectivity index (χ1n) is 10.6. The van der Waals surface area contributed by atoms with Gasteiger partial charge in [0.15, 0.2) is 15.8 Å². The van der Waals surface area contributed by atoms with E-state index in [-0.39, 0.29) is 0 Å². The van der Waals surface area contributed by atoms with Crippen molar-refractivity contribution in [2.45, 2.75) is 37.2 Å². The minimum Gasteiger partial charge on any atom is -0.357 e. The summed E-state index contributed by atoms with van der Waals surface area (Å²) in [5.74, 6) is 0.768. The predicted molar refractivity (Wildman–Crippen MR) is 122 cm³/mol. The number of nitrogens with one attached hydrogen (secondary N) is 2. The van der Waals surface area contributed by atoms with Gasteiger partial charge in [0, 0.05) is 19.3 Å². The summed E-state index contributed by atoms with van der Waals surface area (Å²) in [7, 11) is -3.18. The summed E-state index contributed by atoms with van der Waals surface area (Å²) in [6.45, 7) is 6.34. The lowest BCUT2D eigenvalue weighted by Gasteiger charge is -2.29. The highest BCUT2D eigenvalue weighted by Gasteiger charge is 2.23. The van der Waals surface area contributed by atoms with Gasteiger partial charge in [-0.25, -0.2) is 13.4 Å². The van der Waals surface area contributed by atoms with E-state index < -0.39 is 9.84 Å². The Bertz CT molecular complexity index is 921. The molecular formula is C23H32N4O2S. The maximum absolute atomic E-state index is 11.6. The van der Waals surface area contributed by atoms with Gasteiger partial charge in [-0.15, -0.1) is 0 Å². The molecule has 162 valence electrons. The van der Waals surface area contributed by atoms with Crippen molar-refractivity contribution < 1.29 is 8.42 Å². The zero-order valence-electron chi connectivity index (χ0n) is 17.8. The molecule has 3 rings (SSSR count). The van der Waals surface area contributed by atoms with Crippen molar-refractivity contribution in [1.29, 1.82) is 0 Å². The minimum absolute atomic E-state index is 0.312. The highest BCUT2D eigenvalue weighted by Crippen LogP contribution is 2.24. The summed E-state index contributed by atoms with van der Waals surface area (Å²) < 4.78 is 23.2. The maximum Gasteiger partial charge on any atom is 0.191 e. The average Bonchev–Trinajstić information content (AvgIpc) is 3.27. The number of hydrogen-bond acceptors (Lipinski definition) is 4. The third kappa shape index (κ3) is 6.31. The van der Waals surface area contributed by atoms with Crippen molar-refractivity contribution in [2.75, 3.05) is 32.4 Å². The van der Waals surface area contributed by atoms with Crippen molar-refractivity contribution in [3.05, 3.63) is 65.7 Å². The van der Waals surface area contributed by atoms with E-state index in [9.17, 15) is 8.42 Å². The van der Waals surface area contributed by atoms with Gasteiger partial charge < -0.3 is 10.6 Å². The molecule has 0 saturated carbocycles. The molecule has 6 nitrogen and oxygen atoms in total. The van der Waals surface area contributed by atoms with Crippen LogP contribution in [0.5, 0.6) is 0 Å². The lowest BCUT2D eigenvalue weighted by Crippen LogP contribution is -2.42. The molecule has 0 spiro atoms. The van der Waals surface area contributed by atoms with Gasteiger partial charge in [0.05, 0.1) is 17.5 Å². The molecule has 30 heavy (non-hydrogen) atoms. The maximum atomic E-state index is 11.6. The summed E-state index contributed by atoms with van der Waals surface area (Å²) in [4.78, 5) is 7.56. The molecule has 2 aromatic carbocycles. The second kappa shape index (κ2) is 10.6. The van der Waals surface area contributed by atoms with Crippen LogP contribution in [0.2, 0.25) is 0 Å². The first kappa shape index (κ1) is 22.3. The number of benzene rings is 2. The quantitative estimate of drug-likeness (QED) is 0.500. The van der Waals surface area contributed by atoms with Crippen molar-refractivity contribution in [3.8, 4) is 0 Å². The van der Waals surface area contributed by atoms with Crippen molar-refractivity contribution >= 4 is 15.8 Å². The van der Waals surface area contributed by atoms with Crippen LogP contribution in [0, 0.1) is 0 Å². The molecule has 0 bridgehead atoms. The largest absolute Gasteiger partial charge is 0.357 e. The van der Waals surface area contributed by atoms with Crippen molar-refractivity contribution in [1.82, 2.24) is 15.5 Å². The molecule has 1 saturated heterocycles. The fourth-order valence-corrected chi connectivity index (χ4v) is 4.36. The van der Waals surface area contributed by atoms with Crippen LogP contribution in [0.1, 0.15) is 36.9 Å². The number of guanidine groups is 1. The SMILES string of the molecule is CCNC(=NCc1ccc(S(C)(=O)=O)cc1)NCC(c1ccccc1)N1CCCC1. The molecule has 1 aliphatic heterocycles. The van der Waals surface area contributed by atoms with Crippen molar-refractivity contribution in [2.24, 2.45) is 4.99 Å². The van der Waals surface area contributed by atoms with E-state index >= 15 is 0 Å². The van der Waals surface area contributed by atoms with Gasteiger partial charge in [-0.1, -0.05) is 42.5 Å². The Kier molecular flexibility index (Phi) is 7.87. The third-order valence-corrected chi connectivity index (χ3v) is 6.47. The summed E-state index contributed by atoms with van der Waals surface area (Å²) in [6, 6.07) is 17.9. The molecule has 7 heteroatoms. The number of nitrogens with zero attached hydrogens (tertiary/aromatic N) is 2. The lowest BCUT2D eigenvalue weighted by molar-refractivity contribution is 0.245. The van der Waals surface area contributed by atoms with Gasteiger partial charge in [0.1, 0.15) is 0 Å². The van der Waals surface area contributed by atoms with Gasteiger partial charge in [-0.3, -0.25) is 4.90 Å². The molecule has 1 atom stereocenters. The molecule has 1 unspecified atom stereocenters. The van der Waals surface area contributed by atoms with Gasteiger partial charge in [0.25, 0.3) is 0 Å². The summed E-state index contributed by atoms with van der Waals surface area (Å²) in [5, 5.41) is 6.81. The Morgan fingerprint density at radius 2 is 1.70 bits per heavy atom. The van der Waals surface area contributed by atoms with E-state index in [2.05, 4.69) is 45.9 Å². The summed E-state index contributed by atoms with van der Waals surface area (Å²) >= 11 is 0. The molecule has 0 radical (unpaired) electrons. The third-order valence-electron chi connectivity index (χ3n) is 5.34. The van der Waals surface area contributed by atoms with Gasteiger partial charge in [-0.2, -0.15) is 0 Å². The first-order chi connectivity index (χ1) is 14.5. The minimum atomic E-state index is -3.18. The standard InChI is InChI=1S/C23H32N4O2S/c1-3-24-23(25-17-19-11-13-21(14-12-19)30(2,28)29)26-18-22(27-15-7-8-16-27)20-9-5-4-6-10-20/h4-6,9-14,22H,3,7-8,15-18H2,1-2H3,(H2,24,25,26). The fraction of sp³-hybridized carbons (Fsp3) is 0.435. The van der Waals surface area contributed by atoms with E-state index in [1.165, 1.54) is 24.7 Å². The molecule has 0 amide bonds. The van der Waals surface area contributed by atoms with Crippen LogP contribution in [0.3, 0.4) is 0 Å². The molecule has 2 N–H and O–H groups in total. The van der Waals surface area contributed by atoms with E-state index in [1.807, 2.05) is 19.1 Å². The van der Waals surface area contributed by atoms with Crippen LogP contribution < -0.4 is 10.6 Å². The second-order valence-electron chi connectivity index (χ2n) is 7.66. The molecule has 2 aromatic rings. The molecule has 0 aliphatic carbocycles. The van der Waals surface area contributed by atoms with Gasteiger partial charge >= 0.3 is 0 Å². The Morgan fingerprint density at radius 3 is 2.30 bits per heavy atom. The molecule has 1 fully saturated rings. The predicted octanol–water partition coefficient (Wildman–Crippen LogP) is 2.98. The van der Waals surface area contributed by atoms with Crippen LogP contribution in [0.4, 0.5) is 0 Å². The Labute approximate surface area is 180 Å². The number of aliphatic imine (C=N–C) groups is 1. The van der Waals surface area contributed by atoms with Gasteiger partial charge in [-0.05, 0) is 56.1 Å². The molecule has 0 aromatic heterocycles. The van der Waals surface area contributed by atoms with Crippen LogP contribution in [-0.4, -0.2) is 51.7 Å². The van der Waals surface area contributed by atoms with Crippen LogP contribution in [0.25, 0.3) is 0 Å². The zero-order chi connectivity index (χ0) is 21.4. The highest BCUT2D eigenvalue weighted by molar-refractivity contribution is 7.90. The number of hydrogen-bond donors (Lipinski definition) is 2. The fourth-order valence-electron chi connectivity index (χ4n) is 3.73. The Morgan fingerprint density at radius 1 is 1.03 bits per heavy atom. The normalized spacial score (nSPS) is 16.4. The first-order valence-corrected chi connectivity index (χ1v) is 12.5. The van der Waals surface area contributed by atoms with Crippen LogP contribution in [-0.2, 0) is 16.4 Å². The number of likely N-dealkylation sites (tertiary alicyclic amines) is 1.